The maximum Gasteiger partial charge on any atom is 0.357 e. The van der Waals surface area contributed by atoms with Crippen molar-refractivity contribution in [1.29, 1.82) is 0 Å². The van der Waals surface area contributed by atoms with Crippen LogP contribution >= 0.6 is 19.8 Å². The highest BCUT2D eigenvalue weighted by Crippen LogP contribution is 2.60. The second kappa shape index (κ2) is 13.2. The summed E-state index contributed by atoms with van der Waals surface area (Å²) in [6.45, 7) is 12.2. The Morgan fingerprint density at radius 2 is 1.67 bits per heavy atom. The Hall–Kier alpha value is -2.58. The summed E-state index contributed by atoms with van der Waals surface area (Å²) in [4.78, 5) is 27.6. The summed E-state index contributed by atoms with van der Waals surface area (Å²) < 4.78 is 30.6. The lowest BCUT2D eigenvalue weighted by Crippen LogP contribution is -2.57. The van der Waals surface area contributed by atoms with E-state index >= 15 is 0 Å². The average Bonchev–Trinajstić information content (AvgIpc) is 2.97. The lowest BCUT2D eigenvalue weighted by molar-refractivity contribution is -0.136. The van der Waals surface area contributed by atoms with E-state index in [4.69, 9.17) is 26.0 Å². The molecular formula is C33H45N2O6PS. The zero-order valence-electron chi connectivity index (χ0n) is 26.3. The minimum absolute atomic E-state index is 0.0167. The lowest BCUT2D eigenvalue weighted by atomic mass is 9.49. The highest BCUT2D eigenvalue weighted by atomic mass is 32.1. The van der Waals surface area contributed by atoms with Crippen LogP contribution in [-0.4, -0.2) is 37.1 Å². The third kappa shape index (κ3) is 6.46. The summed E-state index contributed by atoms with van der Waals surface area (Å²) in [6, 6.07) is 13.3. The lowest BCUT2D eigenvalue weighted by Gasteiger charge is -2.54. The molecule has 234 valence electrons. The number of methoxy groups -OCH3 is 1. The Kier molecular flexibility index (Phi) is 10.2. The molecule has 2 aliphatic rings. The van der Waals surface area contributed by atoms with Gasteiger partial charge in [0.25, 0.3) is 0 Å². The number of nitrogens with one attached hydrogen (secondary N) is 2. The van der Waals surface area contributed by atoms with Crippen LogP contribution in [0.4, 0.5) is 0 Å². The zero-order chi connectivity index (χ0) is 31.6. The van der Waals surface area contributed by atoms with Gasteiger partial charge in [-0.1, -0.05) is 58.4 Å². The quantitative estimate of drug-likeness (QED) is 0.207. The van der Waals surface area contributed by atoms with Crippen molar-refractivity contribution in [3.63, 3.8) is 0 Å². The van der Waals surface area contributed by atoms with Crippen LogP contribution in [0.2, 0.25) is 0 Å². The molecule has 2 aliphatic carbocycles. The molecule has 2 aromatic rings. The van der Waals surface area contributed by atoms with Gasteiger partial charge in [0.1, 0.15) is 5.75 Å². The maximum atomic E-state index is 14.1. The Labute approximate surface area is 261 Å². The van der Waals surface area contributed by atoms with Crippen LogP contribution in [0.1, 0.15) is 106 Å². The van der Waals surface area contributed by atoms with Crippen LogP contribution in [0.3, 0.4) is 0 Å². The van der Waals surface area contributed by atoms with E-state index in [0.29, 0.717) is 30.1 Å². The molecular weight excluding hydrogens is 583 g/mol. The number of rotatable bonds is 10. The van der Waals surface area contributed by atoms with Gasteiger partial charge in [0.05, 0.1) is 25.7 Å². The van der Waals surface area contributed by atoms with Gasteiger partial charge in [-0.05, 0) is 91.0 Å². The predicted molar refractivity (Wildman–Crippen MR) is 173 cm³/mol. The van der Waals surface area contributed by atoms with Gasteiger partial charge in [-0.2, -0.15) is 0 Å². The minimum atomic E-state index is -3.75. The van der Waals surface area contributed by atoms with Crippen LogP contribution in [0.25, 0.3) is 0 Å². The molecule has 8 nitrogen and oxygen atoms in total. The van der Waals surface area contributed by atoms with Gasteiger partial charge in [-0.3, -0.25) is 14.2 Å². The van der Waals surface area contributed by atoms with Crippen LogP contribution < -0.4 is 15.4 Å². The summed E-state index contributed by atoms with van der Waals surface area (Å²) >= 11 is 5.64. The van der Waals surface area contributed by atoms with Gasteiger partial charge in [0, 0.05) is 12.0 Å². The molecule has 2 N–H and O–H groups in total. The van der Waals surface area contributed by atoms with Crippen LogP contribution in [-0.2, 0) is 23.8 Å². The van der Waals surface area contributed by atoms with Crippen LogP contribution in [0, 0.1) is 11.3 Å². The molecule has 10 heteroatoms. The molecule has 0 bridgehead atoms. The third-order valence-electron chi connectivity index (χ3n) is 9.33. The topological polar surface area (TPSA) is 103 Å². The molecule has 0 spiro atoms. The number of hydrogen-bond acceptors (Lipinski definition) is 7. The maximum absolute atomic E-state index is 14.1. The van der Waals surface area contributed by atoms with Gasteiger partial charge in [0.2, 0.25) is 5.91 Å². The average molecular weight is 629 g/mol. The van der Waals surface area contributed by atoms with Crippen molar-refractivity contribution < 1.29 is 27.9 Å². The molecule has 0 aromatic heterocycles. The second-order valence-electron chi connectivity index (χ2n) is 12.3. The fourth-order valence-electron chi connectivity index (χ4n) is 6.95. The number of carbonyl (C=O) groups excluding carboxylic acids is 2. The SMILES string of the molecule is CCOP(=O)(OCC)C(NC(=S)NC(=O)[C@]1(C)CCC[C@]2(C)c3ccc(C(C)C)cc3C(=O)C[C@@H]12)c1ccc(OC)cc1. The number of Topliss-reactive ketones (excluding diaryl/α,β-unsaturated/α-hetero) is 1. The van der Waals surface area contributed by atoms with E-state index in [0.717, 1.165) is 29.5 Å². The number of amides is 1. The molecule has 4 atom stereocenters. The highest BCUT2D eigenvalue weighted by molar-refractivity contribution is 7.80. The summed E-state index contributed by atoms with van der Waals surface area (Å²) in [5.41, 5.74) is 2.40. The van der Waals surface area contributed by atoms with Gasteiger partial charge < -0.3 is 24.4 Å². The molecule has 0 aliphatic heterocycles. The molecule has 1 saturated carbocycles. The first-order valence-electron chi connectivity index (χ1n) is 15.1. The van der Waals surface area contributed by atoms with Crippen molar-refractivity contribution in [2.75, 3.05) is 20.3 Å². The van der Waals surface area contributed by atoms with Gasteiger partial charge in [0.15, 0.2) is 16.7 Å². The van der Waals surface area contributed by atoms with Crippen LogP contribution in [0.15, 0.2) is 42.5 Å². The first-order valence-corrected chi connectivity index (χ1v) is 17.2. The molecule has 0 radical (unpaired) electrons. The fraction of sp³-hybridized carbons (Fsp3) is 0.545. The number of benzene rings is 2. The number of fused-ring (bicyclic) bond motifs is 3. The molecule has 43 heavy (non-hydrogen) atoms. The van der Waals surface area contributed by atoms with E-state index in [1.54, 1.807) is 45.2 Å². The van der Waals surface area contributed by atoms with E-state index in [1.165, 1.54) is 0 Å². The minimum Gasteiger partial charge on any atom is -0.497 e. The molecule has 2 aromatic carbocycles. The van der Waals surface area contributed by atoms with E-state index < -0.39 is 18.8 Å². The van der Waals surface area contributed by atoms with Gasteiger partial charge in [-0.25, -0.2) is 0 Å². The number of ether oxygens (including phenoxy) is 1. The first-order chi connectivity index (χ1) is 20.3. The Morgan fingerprint density at radius 3 is 2.26 bits per heavy atom. The molecule has 0 saturated heterocycles. The number of carbonyl (C=O) groups is 2. The second-order valence-corrected chi connectivity index (χ2v) is 14.8. The molecule has 1 amide bonds. The van der Waals surface area contributed by atoms with Crippen molar-refractivity contribution in [1.82, 2.24) is 10.6 Å². The van der Waals surface area contributed by atoms with Gasteiger partial charge >= 0.3 is 7.60 Å². The van der Waals surface area contributed by atoms with Crippen LogP contribution in [0.5, 0.6) is 5.75 Å². The van der Waals surface area contributed by atoms with Crippen molar-refractivity contribution in [2.45, 2.75) is 84.3 Å². The normalized spacial score (nSPS) is 24.1. The summed E-state index contributed by atoms with van der Waals surface area (Å²) in [6.07, 6.45) is 2.67. The van der Waals surface area contributed by atoms with Crippen molar-refractivity contribution in [3.05, 3.63) is 64.7 Å². The Balaban J connectivity index is 1.61. The Morgan fingerprint density at radius 1 is 1.05 bits per heavy atom. The molecule has 4 rings (SSSR count). The van der Waals surface area contributed by atoms with E-state index in [-0.39, 0.29) is 41.3 Å². The summed E-state index contributed by atoms with van der Waals surface area (Å²) in [5, 5.41) is 5.98. The third-order valence-corrected chi connectivity index (χ3v) is 11.8. The van der Waals surface area contributed by atoms with Gasteiger partial charge in [-0.15, -0.1) is 0 Å². The van der Waals surface area contributed by atoms with E-state index in [9.17, 15) is 14.2 Å². The predicted octanol–water partition coefficient (Wildman–Crippen LogP) is 7.42. The number of thiocarbonyl (C=S) groups is 1. The zero-order valence-corrected chi connectivity index (χ0v) is 28.0. The number of ketones is 1. The smallest absolute Gasteiger partial charge is 0.357 e. The van der Waals surface area contributed by atoms with Crippen molar-refractivity contribution in [3.8, 4) is 5.75 Å². The Bertz CT molecular complexity index is 1400. The first kappa shape index (κ1) is 33.3. The standard InChI is InChI=1S/C33H45N2O6PS/c1-8-40-42(38,41-9-2)29(22-11-14-24(39-7)15-12-22)34-31(43)35-30(37)33(6)18-10-17-32(5)26-16-13-23(21(3)4)19-25(26)27(36)20-28(32)33/h11-16,19,21,28-29H,8-10,17-18,20H2,1-7H3,(H2,34,35,37,43)/t28-,29?,32-,33-/m1/s1. The summed E-state index contributed by atoms with van der Waals surface area (Å²) in [5.74, 6) is -0.381. The fourth-order valence-corrected chi connectivity index (χ4v) is 9.16. The highest BCUT2D eigenvalue weighted by Gasteiger charge is 2.57. The summed E-state index contributed by atoms with van der Waals surface area (Å²) in [7, 11) is -2.18. The molecule has 0 heterocycles. The van der Waals surface area contributed by atoms with E-state index in [1.807, 2.05) is 13.0 Å². The molecule has 1 fully saturated rings. The monoisotopic (exact) mass is 628 g/mol. The van der Waals surface area contributed by atoms with Crippen molar-refractivity contribution >= 4 is 36.6 Å². The molecule has 1 unspecified atom stereocenters. The van der Waals surface area contributed by atoms with Crippen molar-refractivity contribution in [2.24, 2.45) is 11.3 Å². The number of hydrogen-bond donors (Lipinski definition) is 2. The van der Waals surface area contributed by atoms with E-state index in [2.05, 4.69) is 43.5 Å². The largest absolute Gasteiger partial charge is 0.497 e.